The van der Waals surface area contributed by atoms with Crippen LogP contribution in [0.3, 0.4) is 0 Å². The largest absolute Gasteiger partial charge is 0.456 e. The highest BCUT2D eigenvalue weighted by molar-refractivity contribution is 7.80. The molecule has 0 heterocycles. The maximum absolute atomic E-state index is 6.00. The van der Waals surface area contributed by atoms with E-state index < -0.39 is 0 Å². The second-order valence-corrected chi connectivity index (χ2v) is 5.37. The molecule has 0 bridgehead atoms. The molecule has 0 spiro atoms. The summed E-state index contributed by atoms with van der Waals surface area (Å²) < 4.78 is 5.86. The van der Waals surface area contributed by atoms with Gasteiger partial charge in [0.05, 0.1) is 5.56 Å². The van der Waals surface area contributed by atoms with E-state index in [1.54, 1.807) is 18.2 Å². The molecular weight excluding hydrogens is 292 g/mol. The van der Waals surface area contributed by atoms with E-state index in [1.807, 2.05) is 43.3 Å². The standard InChI is InChI=1S/C15H15ClN2OS/c1-18(2)11-4-3-5-12(9-11)19-14-8-10(16)6-7-13(14)15(17)20/h3-9H,1-2H3,(H2,17,20). The predicted octanol–water partition coefficient (Wildman–Crippen LogP) is 3.83. The number of nitrogens with two attached hydrogens (primary N) is 1. The summed E-state index contributed by atoms with van der Waals surface area (Å²) in [5, 5.41) is 0.573. The normalized spacial score (nSPS) is 10.2. The number of anilines is 1. The second kappa shape index (κ2) is 6.11. The lowest BCUT2D eigenvalue weighted by Crippen LogP contribution is -2.11. The summed E-state index contributed by atoms with van der Waals surface area (Å²) in [5.74, 6) is 1.26. The second-order valence-electron chi connectivity index (χ2n) is 4.50. The number of hydrogen-bond acceptors (Lipinski definition) is 3. The first kappa shape index (κ1) is 14.6. The lowest BCUT2D eigenvalue weighted by atomic mass is 10.2. The summed E-state index contributed by atoms with van der Waals surface area (Å²) in [5.41, 5.74) is 7.41. The van der Waals surface area contributed by atoms with Gasteiger partial charge in [0.25, 0.3) is 0 Å². The van der Waals surface area contributed by atoms with Crippen molar-refractivity contribution in [3.63, 3.8) is 0 Å². The van der Waals surface area contributed by atoms with Crippen LogP contribution in [0.15, 0.2) is 42.5 Å². The molecule has 104 valence electrons. The van der Waals surface area contributed by atoms with Gasteiger partial charge >= 0.3 is 0 Å². The molecule has 2 rings (SSSR count). The van der Waals surface area contributed by atoms with Crippen molar-refractivity contribution in [2.24, 2.45) is 5.73 Å². The Balaban J connectivity index is 2.36. The Morgan fingerprint density at radius 3 is 2.60 bits per heavy atom. The van der Waals surface area contributed by atoms with Crippen molar-refractivity contribution in [2.45, 2.75) is 0 Å². The number of ether oxygens (including phenoxy) is 1. The van der Waals surface area contributed by atoms with E-state index in [0.29, 0.717) is 22.1 Å². The van der Waals surface area contributed by atoms with E-state index in [0.717, 1.165) is 5.69 Å². The van der Waals surface area contributed by atoms with Crippen molar-refractivity contribution < 1.29 is 4.74 Å². The third kappa shape index (κ3) is 3.40. The Morgan fingerprint density at radius 1 is 1.20 bits per heavy atom. The fraction of sp³-hybridized carbons (Fsp3) is 0.133. The van der Waals surface area contributed by atoms with Crippen LogP contribution in [0.4, 0.5) is 5.69 Å². The maximum atomic E-state index is 6.00. The third-order valence-corrected chi connectivity index (χ3v) is 3.23. The molecule has 0 fully saturated rings. The zero-order valence-corrected chi connectivity index (χ0v) is 12.8. The van der Waals surface area contributed by atoms with Crippen LogP contribution in [-0.4, -0.2) is 19.1 Å². The average Bonchev–Trinajstić information content (AvgIpc) is 2.38. The van der Waals surface area contributed by atoms with E-state index in [1.165, 1.54) is 0 Å². The highest BCUT2D eigenvalue weighted by atomic mass is 35.5. The number of thiocarbonyl (C=S) groups is 1. The number of benzene rings is 2. The van der Waals surface area contributed by atoms with Gasteiger partial charge in [0, 0.05) is 36.9 Å². The smallest absolute Gasteiger partial charge is 0.139 e. The summed E-state index contributed by atoms with van der Waals surface area (Å²) in [6, 6.07) is 12.9. The minimum atomic E-state index is 0.278. The van der Waals surface area contributed by atoms with E-state index in [4.69, 9.17) is 34.3 Å². The monoisotopic (exact) mass is 306 g/mol. The van der Waals surface area contributed by atoms with Crippen molar-refractivity contribution in [1.29, 1.82) is 0 Å². The lowest BCUT2D eigenvalue weighted by Gasteiger charge is -2.15. The van der Waals surface area contributed by atoms with Crippen LogP contribution in [0.1, 0.15) is 5.56 Å². The first-order chi connectivity index (χ1) is 9.47. The molecule has 0 atom stereocenters. The molecule has 0 saturated heterocycles. The fourth-order valence-electron chi connectivity index (χ4n) is 1.74. The van der Waals surface area contributed by atoms with Gasteiger partial charge in [-0.05, 0) is 24.3 Å². The minimum Gasteiger partial charge on any atom is -0.456 e. The number of halogens is 1. The Labute approximate surface area is 128 Å². The first-order valence-corrected chi connectivity index (χ1v) is 6.80. The summed E-state index contributed by atoms with van der Waals surface area (Å²) in [6.45, 7) is 0. The van der Waals surface area contributed by atoms with Gasteiger partial charge in [0.15, 0.2) is 0 Å². The van der Waals surface area contributed by atoms with Gasteiger partial charge in [0.2, 0.25) is 0 Å². The topological polar surface area (TPSA) is 38.5 Å². The van der Waals surface area contributed by atoms with Crippen molar-refractivity contribution in [3.05, 3.63) is 53.1 Å². The van der Waals surface area contributed by atoms with Crippen LogP contribution >= 0.6 is 23.8 Å². The van der Waals surface area contributed by atoms with Crippen LogP contribution in [0, 0.1) is 0 Å². The molecule has 3 nitrogen and oxygen atoms in total. The average molecular weight is 307 g/mol. The summed E-state index contributed by atoms with van der Waals surface area (Å²) in [6.07, 6.45) is 0. The molecule has 0 amide bonds. The summed E-state index contributed by atoms with van der Waals surface area (Å²) in [4.78, 5) is 2.28. The van der Waals surface area contributed by atoms with Crippen molar-refractivity contribution in [3.8, 4) is 11.5 Å². The summed E-state index contributed by atoms with van der Waals surface area (Å²) >= 11 is 11.0. The lowest BCUT2D eigenvalue weighted by molar-refractivity contribution is 0.482. The Hall–Kier alpha value is -1.78. The van der Waals surface area contributed by atoms with E-state index >= 15 is 0 Å². The van der Waals surface area contributed by atoms with Crippen molar-refractivity contribution in [1.82, 2.24) is 0 Å². The molecular formula is C15H15ClN2OS. The first-order valence-electron chi connectivity index (χ1n) is 6.02. The van der Waals surface area contributed by atoms with E-state index in [9.17, 15) is 0 Å². The number of hydrogen-bond donors (Lipinski definition) is 1. The van der Waals surface area contributed by atoms with Gasteiger partial charge in [-0.3, -0.25) is 0 Å². The van der Waals surface area contributed by atoms with Crippen LogP contribution in [0.2, 0.25) is 5.02 Å². The molecule has 0 aliphatic rings. The van der Waals surface area contributed by atoms with E-state index in [2.05, 4.69) is 0 Å². The highest BCUT2D eigenvalue weighted by Gasteiger charge is 2.09. The molecule has 0 aliphatic heterocycles. The van der Waals surface area contributed by atoms with Crippen LogP contribution in [-0.2, 0) is 0 Å². The van der Waals surface area contributed by atoms with Gasteiger partial charge in [-0.15, -0.1) is 0 Å². The van der Waals surface area contributed by atoms with Gasteiger partial charge < -0.3 is 15.4 Å². The quantitative estimate of drug-likeness (QED) is 0.871. The van der Waals surface area contributed by atoms with Crippen LogP contribution in [0.25, 0.3) is 0 Å². The molecule has 2 aromatic rings. The zero-order chi connectivity index (χ0) is 14.7. The van der Waals surface area contributed by atoms with Gasteiger partial charge in [0.1, 0.15) is 16.5 Å². The molecule has 2 N–H and O–H groups in total. The third-order valence-electron chi connectivity index (χ3n) is 2.77. The number of nitrogens with zero attached hydrogens (tertiary/aromatic N) is 1. The molecule has 20 heavy (non-hydrogen) atoms. The van der Waals surface area contributed by atoms with Crippen LogP contribution < -0.4 is 15.4 Å². The Kier molecular flexibility index (Phi) is 4.47. The van der Waals surface area contributed by atoms with E-state index in [-0.39, 0.29) is 4.99 Å². The van der Waals surface area contributed by atoms with Gasteiger partial charge in [-0.2, -0.15) is 0 Å². The molecule has 0 unspecified atom stereocenters. The van der Waals surface area contributed by atoms with Crippen LogP contribution in [0.5, 0.6) is 11.5 Å². The number of rotatable bonds is 4. The van der Waals surface area contributed by atoms with Crippen molar-refractivity contribution >= 4 is 34.5 Å². The Morgan fingerprint density at radius 2 is 1.95 bits per heavy atom. The highest BCUT2D eigenvalue weighted by Crippen LogP contribution is 2.30. The fourth-order valence-corrected chi connectivity index (χ4v) is 2.07. The van der Waals surface area contributed by atoms with Crippen molar-refractivity contribution in [2.75, 3.05) is 19.0 Å². The predicted molar refractivity (Wildman–Crippen MR) is 88.2 cm³/mol. The molecule has 0 saturated carbocycles. The molecule has 5 heteroatoms. The molecule has 0 radical (unpaired) electrons. The van der Waals surface area contributed by atoms with Gasteiger partial charge in [-0.1, -0.05) is 29.9 Å². The molecule has 2 aromatic carbocycles. The zero-order valence-electron chi connectivity index (χ0n) is 11.3. The molecule has 0 aliphatic carbocycles. The maximum Gasteiger partial charge on any atom is 0.139 e. The SMILES string of the molecule is CN(C)c1cccc(Oc2cc(Cl)ccc2C(N)=S)c1. The minimum absolute atomic E-state index is 0.278. The summed E-state index contributed by atoms with van der Waals surface area (Å²) in [7, 11) is 3.94. The molecule has 0 aromatic heterocycles. The van der Waals surface area contributed by atoms with Gasteiger partial charge in [-0.25, -0.2) is 0 Å². The Bertz CT molecular complexity index is 644.